The van der Waals surface area contributed by atoms with Crippen LogP contribution < -0.4 is 5.01 Å². The summed E-state index contributed by atoms with van der Waals surface area (Å²) in [6, 6.07) is 8.96. The van der Waals surface area contributed by atoms with Crippen LogP contribution in [0.1, 0.15) is 32.6 Å². The van der Waals surface area contributed by atoms with E-state index in [4.69, 9.17) is 0 Å². The Morgan fingerprint density at radius 2 is 2.00 bits per heavy atom. The fraction of sp³-hybridized carbons (Fsp3) is 0.550. The Labute approximate surface area is 159 Å². The van der Waals surface area contributed by atoms with Crippen LogP contribution in [0, 0.1) is 0 Å². The molecule has 0 aromatic heterocycles. The third-order valence-corrected chi connectivity index (χ3v) is 5.99. The third-order valence-electron chi connectivity index (χ3n) is 5.99. The van der Waals surface area contributed by atoms with Crippen molar-refractivity contribution in [1.29, 1.82) is 0 Å². The molecule has 7 heteroatoms. The normalized spacial score (nSPS) is 28.2. The summed E-state index contributed by atoms with van der Waals surface area (Å²) in [6.07, 6.45) is 3.35. The van der Waals surface area contributed by atoms with Crippen LogP contribution in [-0.2, 0) is 9.59 Å². The molecule has 1 aromatic rings. The van der Waals surface area contributed by atoms with E-state index in [1.165, 1.54) is 11.4 Å². The number of para-hydroxylation sites is 1. The number of hydrazone groups is 1. The topological polar surface area (TPSA) is 76.5 Å². The zero-order chi connectivity index (χ0) is 19.0. The fourth-order valence-corrected chi connectivity index (χ4v) is 4.50. The summed E-state index contributed by atoms with van der Waals surface area (Å²) < 4.78 is 0. The van der Waals surface area contributed by atoms with Gasteiger partial charge in [0.25, 0.3) is 5.91 Å². The number of hydrogen-bond acceptors (Lipinski definition) is 5. The lowest BCUT2D eigenvalue weighted by atomic mass is 10.0. The van der Waals surface area contributed by atoms with Crippen LogP contribution >= 0.6 is 0 Å². The van der Waals surface area contributed by atoms with Crippen molar-refractivity contribution in [2.24, 2.45) is 5.10 Å². The Kier molecular flexibility index (Phi) is 4.86. The summed E-state index contributed by atoms with van der Waals surface area (Å²) in [5.41, 5.74) is 1.05. The van der Waals surface area contributed by atoms with Crippen molar-refractivity contribution in [1.82, 2.24) is 9.80 Å². The van der Waals surface area contributed by atoms with Crippen LogP contribution in [-0.4, -0.2) is 70.3 Å². The molecule has 0 radical (unpaired) electrons. The van der Waals surface area contributed by atoms with Crippen molar-refractivity contribution in [3.63, 3.8) is 0 Å². The number of carboxylic acids is 1. The molecular weight excluding hydrogens is 344 g/mol. The monoisotopic (exact) mass is 370 g/mol. The number of aliphatic carboxylic acids is 1. The van der Waals surface area contributed by atoms with Crippen LogP contribution in [0.25, 0.3) is 0 Å². The van der Waals surface area contributed by atoms with Crippen molar-refractivity contribution in [2.75, 3.05) is 24.6 Å². The number of rotatable bonds is 4. The molecule has 7 nitrogen and oxygen atoms in total. The SMILES string of the molecule is CCC1CN2CCCC2CN1C(=O)C1=NN(c2ccccc2)C(C(=O)O)C1. The van der Waals surface area contributed by atoms with Gasteiger partial charge in [0.05, 0.1) is 5.69 Å². The molecule has 27 heavy (non-hydrogen) atoms. The largest absolute Gasteiger partial charge is 0.480 e. The molecular formula is C20H26N4O3. The minimum Gasteiger partial charge on any atom is -0.480 e. The highest BCUT2D eigenvalue weighted by Crippen LogP contribution is 2.29. The highest BCUT2D eigenvalue weighted by Gasteiger charge is 2.42. The maximum Gasteiger partial charge on any atom is 0.328 e. The first-order chi connectivity index (χ1) is 13.1. The minimum absolute atomic E-state index is 0.0990. The van der Waals surface area contributed by atoms with E-state index >= 15 is 0 Å². The molecule has 3 atom stereocenters. The van der Waals surface area contributed by atoms with E-state index in [9.17, 15) is 14.7 Å². The average Bonchev–Trinajstić information content (AvgIpc) is 3.33. The van der Waals surface area contributed by atoms with Crippen molar-refractivity contribution in [2.45, 2.75) is 50.7 Å². The highest BCUT2D eigenvalue weighted by atomic mass is 16.4. The Balaban J connectivity index is 1.58. The molecule has 2 fully saturated rings. The summed E-state index contributed by atoms with van der Waals surface area (Å²) in [7, 11) is 0. The summed E-state index contributed by atoms with van der Waals surface area (Å²) in [5.74, 6) is -1.06. The number of fused-ring (bicyclic) bond motifs is 1. The standard InChI is InChI=1S/C20H26N4O3/c1-2-14-12-22-10-6-9-16(22)13-23(14)19(25)17-11-18(20(26)27)24(21-17)15-7-4-3-5-8-15/h3-5,7-8,14,16,18H,2,6,9-13H2,1H3,(H,26,27). The van der Waals surface area contributed by atoms with Crippen molar-refractivity contribution >= 4 is 23.3 Å². The summed E-state index contributed by atoms with van der Waals surface area (Å²) in [6.45, 7) is 4.85. The number of carbonyl (C=O) groups is 2. The molecule has 1 N–H and O–H groups in total. The fourth-order valence-electron chi connectivity index (χ4n) is 4.50. The zero-order valence-electron chi connectivity index (χ0n) is 15.6. The van der Waals surface area contributed by atoms with Gasteiger partial charge < -0.3 is 10.0 Å². The van der Waals surface area contributed by atoms with Crippen LogP contribution in [0.15, 0.2) is 35.4 Å². The zero-order valence-corrected chi connectivity index (χ0v) is 15.6. The number of amides is 1. The maximum atomic E-state index is 13.3. The lowest BCUT2D eigenvalue weighted by Crippen LogP contribution is -2.58. The number of nitrogens with zero attached hydrogens (tertiary/aromatic N) is 4. The molecule has 2 saturated heterocycles. The van der Waals surface area contributed by atoms with Gasteiger partial charge in [-0.25, -0.2) is 4.79 Å². The number of hydrogen-bond donors (Lipinski definition) is 1. The lowest BCUT2D eigenvalue weighted by Gasteiger charge is -2.43. The van der Waals surface area contributed by atoms with Crippen LogP contribution in [0.5, 0.6) is 0 Å². The van der Waals surface area contributed by atoms with Gasteiger partial charge in [-0.05, 0) is 37.9 Å². The van der Waals surface area contributed by atoms with E-state index in [0.29, 0.717) is 17.4 Å². The Hall–Kier alpha value is -2.41. The molecule has 144 valence electrons. The highest BCUT2D eigenvalue weighted by molar-refractivity contribution is 6.40. The Morgan fingerprint density at radius 1 is 1.22 bits per heavy atom. The second-order valence-electron chi connectivity index (χ2n) is 7.60. The van der Waals surface area contributed by atoms with Crippen LogP contribution in [0.3, 0.4) is 0 Å². The van der Waals surface area contributed by atoms with Gasteiger partial charge in [0.15, 0.2) is 6.04 Å². The first-order valence-corrected chi connectivity index (χ1v) is 9.78. The molecule has 0 spiro atoms. The second-order valence-corrected chi connectivity index (χ2v) is 7.60. The number of piperazine rings is 1. The van der Waals surface area contributed by atoms with Gasteiger partial charge in [-0.2, -0.15) is 5.10 Å². The molecule has 0 saturated carbocycles. The van der Waals surface area contributed by atoms with Gasteiger partial charge in [0.1, 0.15) is 5.71 Å². The summed E-state index contributed by atoms with van der Waals surface area (Å²) in [4.78, 5) is 29.4. The molecule has 3 heterocycles. The van der Waals surface area contributed by atoms with Gasteiger partial charge in [-0.15, -0.1) is 0 Å². The first-order valence-electron chi connectivity index (χ1n) is 9.78. The number of carbonyl (C=O) groups excluding carboxylic acids is 1. The number of anilines is 1. The van der Waals surface area contributed by atoms with E-state index in [2.05, 4.69) is 16.9 Å². The summed E-state index contributed by atoms with van der Waals surface area (Å²) >= 11 is 0. The molecule has 4 rings (SSSR count). The Morgan fingerprint density at radius 3 is 2.70 bits per heavy atom. The van der Waals surface area contributed by atoms with Crippen molar-refractivity contribution < 1.29 is 14.7 Å². The van der Waals surface area contributed by atoms with E-state index in [0.717, 1.165) is 32.5 Å². The van der Waals surface area contributed by atoms with Gasteiger partial charge >= 0.3 is 5.97 Å². The number of carboxylic acid groups (broad SMARTS) is 1. The molecule has 3 aliphatic rings. The van der Waals surface area contributed by atoms with Gasteiger partial charge in [-0.3, -0.25) is 14.7 Å². The number of benzene rings is 1. The molecule has 3 unspecified atom stereocenters. The Bertz CT molecular complexity index is 751. The molecule has 0 bridgehead atoms. The predicted molar refractivity (Wildman–Crippen MR) is 103 cm³/mol. The van der Waals surface area contributed by atoms with Crippen molar-refractivity contribution in [3.8, 4) is 0 Å². The van der Waals surface area contributed by atoms with Crippen LogP contribution in [0.4, 0.5) is 5.69 Å². The van der Waals surface area contributed by atoms with E-state index < -0.39 is 12.0 Å². The van der Waals surface area contributed by atoms with E-state index in [-0.39, 0.29) is 18.4 Å². The molecule has 1 amide bonds. The second kappa shape index (κ2) is 7.31. The van der Waals surface area contributed by atoms with Gasteiger partial charge in [0.2, 0.25) is 0 Å². The average molecular weight is 370 g/mol. The smallest absolute Gasteiger partial charge is 0.328 e. The maximum absolute atomic E-state index is 13.3. The van der Waals surface area contributed by atoms with E-state index in [1.54, 1.807) is 0 Å². The van der Waals surface area contributed by atoms with Crippen LogP contribution in [0.2, 0.25) is 0 Å². The van der Waals surface area contributed by atoms with Gasteiger partial charge in [-0.1, -0.05) is 25.1 Å². The molecule has 1 aromatic carbocycles. The van der Waals surface area contributed by atoms with E-state index in [1.807, 2.05) is 35.2 Å². The molecule has 0 aliphatic carbocycles. The van der Waals surface area contributed by atoms with Gasteiger partial charge in [0, 0.05) is 31.6 Å². The summed E-state index contributed by atoms with van der Waals surface area (Å²) in [5, 5.41) is 15.6. The van der Waals surface area contributed by atoms with Crippen molar-refractivity contribution in [3.05, 3.63) is 30.3 Å². The molecule has 3 aliphatic heterocycles. The quantitative estimate of drug-likeness (QED) is 0.874. The minimum atomic E-state index is -0.960. The lowest BCUT2D eigenvalue weighted by molar-refractivity contribution is -0.138. The first kappa shape index (κ1) is 18.0. The third kappa shape index (κ3) is 3.32. The predicted octanol–water partition coefficient (Wildman–Crippen LogP) is 1.79.